The molecule has 0 saturated heterocycles. The number of carbonyl (C=O) groups is 1. The van der Waals surface area contributed by atoms with E-state index in [-0.39, 0.29) is 12.1 Å². The van der Waals surface area contributed by atoms with Crippen molar-refractivity contribution >= 4 is 6.09 Å². The van der Waals surface area contributed by atoms with Crippen LogP contribution in [0.25, 0.3) is 0 Å². The number of nitrogens with zero attached hydrogens (tertiary/aromatic N) is 1. The third-order valence-electron chi connectivity index (χ3n) is 2.98. The van der Waals surface area contributed by atoms with Gasteiger partial charge in [0, 0.05) is 18.8 Å². The van der Waals surface area contributed by atoms with Crippen LogP contribution in [-0.4, -0.2) is 30.3 Å². The van der Waals surface area contributed by atoms with Crippen molar-refractivity contribution in [2.75, 3.05) is 13.6 Å². The lowest BCUT2D eigenvalue weighted by Crippen LogP contribution is -2.33. The molecule has 0 fully saturated rings. The molecule has 1 amide bonds. The van der Waals surface area contributed by atoms with E-state index in [0.29, 0.717) is 6.54 Å². The first kappa shape index (κ1) is 17.4. The highest BCUT2D eigenvalue weighted by atomic mass is 16.6. The van der Waals surface area contributed by atoms with E-state index in [1.807, 2.05) is 52.2 Å². The number of hydrogen-bond acceptors (Lipinski definition) is 4. The van der Waals surface area contributed by atoms with Gasteiger partial charge in [-0.3, -0.25) is 4.98 Å². The van der Waals surface area contributed by atoms with Crippen molar-refractivity contribution in [1.29, 1.82) is 0 Å². The third kappa shape index (κ3) is 7.66. The van der Waals surface area contributed by atoms with Crippen LogP contribution >= 0.6 is 0 Å². The summed E-state index contributed by atoms with van der Waals surface area (Å²) in [7, 11) is 1.94. The Balaban J connectivity index is 2.20. The van der Waals surface area contributed by atoms with Gasteiger partial charge in [-0.2, -0.15) is 0 Å². The number of hydrogen-bond donors (Lipinski definition) is 2. The fourth-order valence-electron chi connectivity index (χ4n) is 2.00. The summed E-state index contributed by atoms with van der Waals surface area (Å²) >= 11 is 0. The second kappa shape index (κ2) is 8.62. The number of nitrogens with one attached hydrogen (secondary N) is 2. The summed E-state index contributed by atoms with van der Waals surface area (Å²) in [4.78, 5) is 15.8. The van der Waals surface area contributed by atoms with Crippen molar-refractivity contribution in [2.45, 2.75) is 51.7 Å². The summed E-state index contributed by atoms with van der Waals surface area (Å²) in [6.07, 6.45) is 4.38. The number of unbranched alkanes of at least 4 members (excludes halogenated alkanes) is 1. The largest absolute Gasteiger partial charge is 0.444 e. The van der Waals surface area contributed by atoms with Crippen LogP contribution in [0.2, 0.25) is 0 Å². The summed E-state index contributed by atoms with van der Waals surface area (Å²) in [6, 6.07) is 6.20. The highest BCUT2D eigenvalue weighted by Crippen LogP contribution is 2.16. The highest BCUT2D eigenvalue weighted by Gasteiger charge is 2.15. The van der Waals surface area contributed by atoms with Gasteiger partial charge >= 0.3 is 6.09 Å². The molecule has 1 rings (SSSR count). The van der Waals surface area contributed by atoms with E-state index in [0.717, 1.165) is 25.0 Å². The van der Waals surface area contributed by atoms with E-state index in [4.69, 9.17) is 4.74 Å². The van der Waals surface area contributed by atoms with Crippen LogP contribution in [0.3, 0.4) is 0 Å². The average Bonchev–Trinajstić information content (AvgIpc) is 2.42. The maximum atomic E-state index is 11.5. The van der Waals surface area contributed by atoms with E-state index in [1.165, 1.54) is 0 Å². The van der Waals surface area contributed by atoms with Gasteiger partial charge in [-0.15, -0.1) is 0 Å². The topological polar surface area (TPSA) is 63.2 Å². The third-order valence-corrected chi connectivity index (χ3v) is 2.98. The van der Waals surface area contributed by atoms with Crippen LogP contribution in [0.5, 0.6) is 0 Å². The molecule has 0 saturated carbocycles. The minimum atomic E-state index is -0.444. The van der Waals surface area contributed by atoms with E-state index in [2.05, 4.69) is 15.6 Å². The Morgan fingerprint density at radius 2 is 2.10 bits per heavy atom. The van der Waals surface area contributed by atoms with Crippen LogP contribution in [0.4, 0.5) is 4.79 Å². The second-order valence-electron chi connectivity index (χ2n) is 6.02. The molecule has 118 valence electrons. The van der Waals surface area contributed by atoms with Crippen LogP contribution in [0.15, 0.2) is 24.4 Å². The fourth-order valence-corrected chi connectivity index (χ4v) is 2.00. The molecule has 1 atom stereocenters. The summed E-state index contributed by atoms with van der Waals surface area (Å²) in [6.45, 7) is 6.21. The van der Waals surface area contributed by atoms with Gasteiger partial charge in [-0.05, 0) is 59.2 Å². The molecule has 0 spiro atoms. The lowest BCUT2D eigenvalue weighted by atomic mass is 10.1. The van der Waals surface area contributed by atoms with Crippen LogP contribution in [-0.2, 0) is 4.74 Å². The molecule has 5 nitrogen and oxygen atoms in total. The summed E-state index contributed by atoms with van der Waals surface area (Å²) in [5, 5.41) is 6.05. The number of rotatable bonds is 7. The Hall–Kier alpha value is -1.62. The molecule has 0 aliphatic heterocycles. The highest BCUT2D eigenvalue weighted by molar-refractivity contribution is 5.67. The number of alkyl carbamates (subject to hydrolysis) is 1. The predicted octanol–water partition coefficient (Wildman–Crippen LogP) is 3.04. The Bertz CT molecular complexity index is 415. The molecular weight excluding hydrogens is 266 g/mol. The number of ether oxygens (including phenoxy) is 1. The molecule has 2 N–H and O–H groups in total. The molecule has 5 heteroatoms. The van der Waals surface area contributed by atoms with Gasteiger partial charge in [0.2, 0.25) is 0 Å². The Morgan fingerprint density at radius 3 is 2.67 bits per heavy atom. The fraction of sp³-hybridized carbons (Fsp3) is 0.625. The number of pyridine rings is 1. The van der Waals surface area contributed by atoms with Crippen molar-refractivity contribution in [3.63, 3.8) is 0 Å². The van der Waals surface area contributed by atoms with E-state index >= 15 is 0 Å². The lowest BCUT2D eigenvalue weighted by Gasteiger charge is -2.20. The zero-order valence-electron chi connectivity index (χ0n) is 13.5. The molecular formula is C16H27N3O2. The smallest absolute Gasteiger partial charge is 0.407 e. The quantitative estimate of drug-likeness (QED) is 0.759. The first-order valence-electron chi connectivity index (χ1n) is 7.47. The first-order valence-corrected chi connectivity index (χ1v) is 7.47. The van der Waals surface area contributed by atoms with Gasteiger partial charge in [0.25, 0.3) is 0 Å². The van der Waals surface area contributed by atoms with Crippen LogP contribution in [0.1, 0.15) is 51.8 Å². The standard InChI is InChI=1S/C16H27N3O2/c1-16(2,3)21-15(20)19-12-8-5-9-13(17-4)14-10-6-7-11-18-14/h6-7,10-11,13,17H,5,8-9,12H2,1-4H3,(H,19,20). The molecule has 1 unspecified atom stereocenters. The number of amides is 1. The van der Waals surface area contributed by atoms with Crippen molar-refractivity contribution in [2.24, 2.45) is 0 Å². The van der Waals surface area contributed by atoms with Gasteiger partial charge in [0.15, 0.2) is 0 Å². The zero-order chi connectivity index (χ0) is 15.7. The number of carbonyl (C=O) groups excluding carboxylic acids is 1. The SMILES string of the molecule is CNC(CCCCNC(=O)OC(C)(C)C)c1ccccn1. The van der Waals surface area contributed by atoms with Gasteiger partial charge in [0.1, 0.15) is 5.60 Å². The predicted molar refractivity (Wildman–Crippen MR) is 84.1 cm³/mol. The van der Waals surface area contributed by atoms with Crippen molar-refractivity contribution in [1.82, 2.24) is 15.6 Å². The minimum absolute atomic E-state index is 0.257. The Labute approximate surface area is 127 Å². The molecule has 0 aromatic carbocycles. The molecule has 0 aliphatic rings. The first-order chi connectivity index (χ1) is 9.92. The van der Waals surface area contributed by atoms with E-state index in [9.17, 15) is 4.79 Å². The monoisotopic (exact) mass is 293 g/mol. The minimum Gasteiger partial charge on any atom is -0.444 e. The van der Waals surface area contributed by atoms with E-state index in [1.54, 1.807) is 0 Å². The molecule has 1 aromatic rings. The van der Waals surface area contributed by atoms with Crippen molar-refractivity contribution < 1.29 is 9.53 Å². The van der Waals surface area contributed by atoms with Crippen molar-refractivity contribution in [3.05, 3.63) is 30.1 Å². The molecule has 0 bridgehead atoms. The van der Waals surface area contributed by atoms with Gasteiger partial charge in [-0.25, -0.2) is 4.79 Å². The van der Waals surface area contributed by atoms with Crippen molar-refractivity contribution in [3.8, 4) is 0 Å². The average molecular weight is 293 g/mol. The molecule has 21 heavy (non-hydrogen) atoms. The maximum absolute atomic E-state index is 11.5. The molecule has 0 aliphatic carbocycles. The normalized spacial score (nSPS) is 12.8. The number of aromatic nitrogens is 1. The molecule has 1 heterocycles. The summed E-state index contributed by atoms with van der Waals surface area (Å²) < 4.78 is 5.18. The zero-order valence-corrected chi connectivity index (χ0v) is 13.5. The maximum Gasteiger partial charge on any atom is 0.407 e. The molecule has 0 radical (unpaired) electrons. The van der Waals surface area contributed by atoms with Gasteiger partial charge < -0.3 is 15.4 Å². The van der Waals surface area contributed by atoms with E-state index < -0.39 is 5.60 Å². The van der Waals surface area contributed by atoms with Crippen LogP contribution < -0.4 is 10.6 Å². The summed E-state index contributed by atoms with van der Waals surface area (Å²) in [5.41, 5.74) is 0.611. The van der Waals surface area contributed by atoms with Crippen LogP contribution in [0, 0.1) is 0 Å². The lowest BCUT2D eigenvalue weighted by molar-refractivity contribution is 0.0527. The summed E-state index contributed by atoms with van der Waals surface area (Å²) in [5.74, 6) is 0. The second-order valence-corrected chi connectivity index (χ2v) is 6.02. The Morgan fingerprint density at radius 1 is 1.33 bits per heavy atom. The Kier molecular flexibility index (Phi) is 7.15. The van der Waals surface area contributed by atoms with Gasteiger partial charge in [-0.1, -0.05) is 6.07 Å². The molecule has 1 aromatic heterocycles. The van der Waals surface area contributed by atoms with Gasteiger partial charge in [0.05, 0.1) is 5.69 Å².